The van der Waals surface area contributed by atoms with E-state index in [2.05, 4.69) is 9.72 Å². The van der Waals surface area contributed by atoms with Crippen molar-refractivity contribution in [2.24, 2.45) is 0 Å². The van der Waals surface area contributed by atoms with E-state index in [0.29, 0.717) is 0 Å². The van der Waals surface area contributed by atoms with Crippen LogP contribution < -0.4 is 0 Å². The summed E-state index contributed by atoms with van der Waals surface area (Å²) in [7, 11) is 0. The number of esters is 2. The molecule has 2 rings (SSSR count). The van der Waals surface area contributed by atoms with Crippen LogP contribution in [0.4, 0.5) is 0 Å². The van der Waals surface area contributed by atoms with Crippen molar-refractivity contribution in [3.05, 3.63) is 29.1 Å². The minimum atomic E-state index is -0.643. The number of rotatable bonds is 1. The number of hydrogen-bond acceptors (Lipinski definition) is 4. The van der Waals surface area contributed by atoms with Gasteiger partial charge in [-0.1, -0.05) is 6.92 Å². The first-order valence-corrected chi connectivity index (χ1v) is 3.99. The molecule has 13 heavy (non-hydrogen) atoms. The highest BCUT2D eigenvalue weighted by Gasteiger charge is 2.31. The van der Waals surface area contributed by atoms with Gasteiger partial charge in [0.1, 0.15) is 0 Å². The molecule has 0 radical (unpaired) electrons. The molecule has 0 saturated heterocycles. The molecular weight excluding hydrogens is 170 g/mol. The zero-order chi connectivity index (χ0) is 9.42. The Morgan fingerprint density at radius 3 is 2.77 bits per heavy atom. The molecule has 4 heteroatoms. The van der Waals surface area contributed by atoms with Crippen LogP contribution in [0.1, 0.15) is 33.5 Å². The predicted octanol–water partition coefficient (Wildman–Crippen LogP) is 0.955. The van der Waals surface area contributed by atoms with Crippen molar-refractivity contribution in [2.45, 2.75) is 13.3 Å². The van der Waals surface area contributed by atoms with E-state index < -0.39 is 11.9 Å². The molecule has 0 atom stereocenters. The van der Waals surface area contributed by atoms with Crippen LogP contribution in [0, 0.1) is 0 Å². The summed E-state index contributed by atoms with van der Waals surface area (Å²) < 4.78 is 4.39. The van der Waals surface area contributed by atoms with Crippen LogP contribution in [0.15, 0.2) is 12.1 Å². The van der Waals surface area contributed by atoms with E-state index in [1.165, 1.54) is 0 Å². The van der Waals surface area contributed by atoms with Crippen LogP contribution in [0.25, 0.3) is 0 Å². The maximum absolute atomic E-state index is 11.0. The zero-order valence-electron chi connectivity index (χ0n) is 7.03. The monoisotopic (exact) mass is 177 g/mol. The van der Waals surface area contributed by atoms with Gasteiger partial charge in [-0.05, 0) is 18.6 Å². The van der Waals surface area contributed by atoms with E-state index in [1.807, 2.05) is 6.92 Å². The third-order valence-corrected chi connectivity index (χ3v) is 1.91. The largest absolute Gasteiger partial charge is 0.384 e. The average molecular weight is 177 g/mol. The van der Waals surface area contributed by atoms with Crippen LogP contribution in [-0.2, 0) is 11.2 Å². The third-order valence-electron chi connectivity index (χ3n) is 1.91. The number of cyclic esters (lactones) is 2. The van der Waals surface area contributed by atoms with Crippen LogP contribution in [0.2, 0.25) is 0 Å². The molecule has 1 aromatic rings. The maximum Gasteiger partial charge on any atom is 0.365 e. The molecule has 0 aromatic carbocycles. The first-order valence-electron chi connectivity index (χ1n) is 3.99. The van der Waals surface area contributed by atoms with Crippen molar-refractivity contribution in [1.29, 1.82) is 0 Å². The summed E-state index contributed by atoms with van der Waals surface area (Å²) in [5, 5.41) is 0. The smallest absolute Gasteiger partial charge is 0.365 e. The minimum Gasteiger partial charge on any atom is -0.384 e. The van der Waals surface area contributed by atoms with Crippen LogP contribution in [-0.4, -0.2) is 16.9 Å². The molecule has 0 saturated carbocycles. The van der Waals surface area contributed by atoms with E-state index >= 15 is 0 Å². The molecule has 4 nitrogen and oxygen atoms in total. The third kappa shape index (κ3) is 1.11. The van der Waals surface area contributed by atoms with Gasteiger partial charge < -0.3 is 4.74 Å². The Morgan fingerprint density at radius 1 is 1.31 bits per heavy atom. The fourth-order valence-corrected chi connectivity index (χ4v) is 1.20. The van der Waals surface area contributed by atoms with Gasteiger partial charge in [0, 0.05) is 5.69 Å². The van der Waals surface area contributed by atoms with E-state index in [0.717, 1.165) is 12.1 Å². The Labute approximate surface area is 74.5 Å². The van der Waals surface area contributed by atoms with Crippen LogP contribution >= 0.6 is 0 Å². The first kappa shape index (κ1) is 7.91. The molecule has 1 aliphatic rings. The Bertz CT molecular complexity index is 398. The molecule has 0 amide bonds. The summed E-state index contributed by atoms with van der Waals surface area (Å²) in [6, 6.07) is 3.30. The van der Waals surface area contributed by atoms with E-state index in [4.69, 9.17) is 0 Å². The van der Waals surface area contributed by atoms with Crippen LogP contribution in [0.3, 0.4) is 0 Å². The van der Waals surface area contributed by atoms with Crippen LogP contribution in [0.5, 0.6) is 0 Å². The second-order valence-electron chi connectivity index (χ2n) is 2.73. The van der Waals surface area contributed by atoms with Gasteiger partial charge in [-0.25, -0.2) is 14.6 Å². The lowest BCUT2D eigenvalue weighted by molar-refractivity contribution is 0.0441. The van der Waals surface area contributed by atoms with Crippen molar-refractivity contribution in [3.63, 3.8) is 0 Å². The molecule has 0 aliphatic carbocycles. The van der Waals surface area contributed by atoms with Crippen molar-refractivity contribution in [2.75, 3.05) is 0 Å². The molecule has 0 bridgehead atoms. The average Bonchev–Trinajstić information content (AvgIpc) is 2.42. The topological polar surface area (TPSA) is 56.3 Å². The quantitative estimate of drug-likeness (QED) is 0.473. The second kappa shape index (κ2) is 2.65. The fourth-order valence-electron chi connectivity index (χ4n) is 1.20. The highest BCUT2D eigenvalue weighted by Crippen LogP contribution is 2.17. The molecule has 66 valence electrons. The van der Waals surface area contributed by atoms with E-state index in [1.54, 1.807) is 12.1 Å². The van der Waals surface area contributed by atoms with Gasteiger partial charge in [-0.15, -0.1) is 0 Å². The van der Waals surface area contributed by atoms with Gasteiger partial charge in [0.15, 0.2) is 5.69 Å². The lowest BCUT2D eigenvalue weighted by atomic mass is 10.2. The number of pyridine rings is 1. The van der Waals surface area contributed by atoms with Crippen molar-refractivity contribution < 1.29 is 14.3 Å². The van der Waals surface area contributed by atoms with Gasteiger partial charge in [-0.3, -0.25) is 0 Å². The van der Waals surface area contributed by atoms with E-state index in [-0.39, 0.29) is 11.3 Å². The standard InChI is InChI=1S/C9H7NO3/c1-2-5-3-4-6-7(10-5)9(12)13-8(6)11/h3-4H,2H2,1H3. The Morgan fingerprint density at radius 2 is 2.08 bits per heavy atom. The molecular formula is C9H7NO3. The van der Waals surface area contributed by atoms with E-state index in [9.17, 15) is 9.59 Å². The Balaban J connectivity index is 2.58. The Hall–Kier alpha value is -1.71. The molecule has 0 spiro atoms. The molecule has 0 N–H and O–H groups in total. The second-order valence-corrected chi connectivity index (χ2v) is 2.73. The van der Waals surface area contributed by atoms with Gasteiger partial charge in [-0.2, -0.15) is 0 Å². The van der Waals surface area contributed by atoms with Crippen molar-refractivity contribution >= 4 is 11.9 Å². The molecule has 1 aromatic heterocycles. The first-order chi connectivity index (χ1) is 6.22. The molecule has 1 aliphatic heterocycles. The van der Waals surface area contributed by atoms with Gasteiger partial charge >= 0.3 is 11.9 Å². The number of hydrogen-bond donors (Lipinski definition) is 0. The number of ether oxygens (including phenoxy) is 1. The number of nitrogens with zero attached hydrogens (tertiary/aromatic N) is 1. The summed E-state index contributed by atoms with van der Waals surface area (Å²) in [6.45, 7) is 1.93. The number of carbonyl (C=O) groups is 2. The summed E-state index contributed by atoms with van der Waals surface area (Å²) >= 11 is 0. The maximum atomic E-state index is 11.0. The van der Waals surface area contributed by atoms with Crippen molar-refractivity contribution in [1.82, 2.24) is 4.98 Å². The summed E-state index contributed by atoms with van der Waals surface area (Å²) in [4.78, 5) is 26.0. The highest BCUT2D eigenvalue weighted by molar-refractivity contribution is 6.13. The normalized spacial score (nSPS) is 14.2. The SMILES string of the molecule is CCc1ccc2c(n1)C(=O)OC2=O. The zero-order valence-corrected chi connectivity index (χ0v) is 7.03. The number of aromatic nitrogens is 1. The number of aryl methyl sites for hydroxylation is 1. The predicted molar refractivity (Wildman–Crippen MR) is 43.4 cm³/mol. The minimum absolute atomic E-state index is 0.143. The fraction of sp³-hybridized carbons (Fsp3) is 0.222. The lowest BCUT2D eigenvalue weighted by Gasteiger charge is -1.95. The Kier molecular flexibility index (Phi) is 1.62. The molecule has 0 fully saturated rings. The highest BCUT2D eigenvalue weighted by atomic mass is 16.6. The van der Waals surface area contributed by atoms with Gasteiger partial charge in [0.25, 0.3) is 0 Å². The molecule has 0 unspecified atom stereocenters. The summed E-state index contributed by atoms with van der Waals surface area (Å²) in [5.41, 5.74) is 1.19. The molecule has 2 heterocycles. The van der Waals surface area contributed by atoms with Crippen molar-refractivity contribution in [3.8, 4) is 0 Å². The number of carbonyl (C=O) groups excluding carboxylic acids is 2. The lowest BCUT2D eigenvalue weighted by Crippen LogP contribution is -2.00. The number of fused-ring (bicyclic) bond motifs is 1. The van der Waals surface area contributed by atoms with Gasteiger partial charge in [0.2, 0.25) is 0 Å². The summed E-state index contributed by atoms with van der Waals surface area (Å²) in [6.07, 6.45) is 0.731. The van der Waals surface area contributed by atoms with Gasteiger partial charge in [0.05, 0.1) is 5.56 Å². The summed E-state index contributed by atoms with van der Waals surface area (Å²) in [5.74, 6) is -1.24.